The van der Waals surface area contributed by atoms with Crippen LogP contribution in [0.2, 0.25) is 5.15 Å². The Kier molecular flexibility index (Phi) is 5.36. The van der Waals surface area contributed by atoms with E-state index in [1.807, 2.05) is 4.90 Å². The molecule has 1 fully saturated rings. The Morgan fingerprint density at radius 1 is 1.34 bits per heavy atom. The minimum Gasteiger partial charge on any atom is -0.497 e. The van der Waals surface area contributed by atoms with Gasteiger partial charge in [-0.3, -0.25) is 9.59 Å². The van der Waals surface area contributed by atoms with Gasteiger partial charge in [0.1, 0.15) is 22.9 Å². The molecule has 0 saturated carbocycles. The lowest BCUT2D eigenvalue weighted by atomic mass is 9.90. The summed E-state index contributed by atoms with van der Waals surface area (Å²) in [6, 6.07) is 6.84. The second-order valence-electron chi connectivity index (χ2n) is 7.33. The van der Waals surface area contributed by atoms with Crippen LogP contribution < -0.4 is 14.8 Å². The Morgan fingerprint density at radius 2 is 2.14 bits per heavy atom. The van der Waals surface area contributed by atoms with E-state index < -0.39 is 5.60 Å². The van der Waals surface area contributed by atoms with Crippen LogP contribution in [-0.2, 0) is 11.2 Å². The first-order valence-electron chi connectivity index (χ1n) is 9.52. The van der Waals surface area contributed by atoms with Gasteiger partial charge in [-0.25, -0.2) is 0 Å². The van der Waals surface area contributed by atoms with E-state index in [-0.39, 0.29) is 17.0 Å². The number of carbonyl (C=O) groups excluding carboxylic acids is 2. The number of benzene rings is 1. The van der Waals surface area contributed by atoms with Crippen LogP contribution in [0.15, 0.2) is 28.8 Å². The van der Waals surface area contributed by atoms with Crippen molar-refractivity contribution in [3.63, 3.8) is 0 Å². The van der Waals surface area contributed by atoms with Crippen molar-refractivity contribution in [2.24, 2.45) is 0 Å². The summed E-state index contributed by atoms with van der Waals surface area (Å²) in [7, 11) is 1.56. The quantitative estimate of drug-likeness (QED) is 0.818. The maximum absolute atomic E-state index is 12.5. The Labute approximate surface area is 173 Å². The summed E-state index contributed by atoms with van der Waals surface area (Å²) in [4.78, 5) is 26.8. The van der Waals surface area contributed by atoms with Gasteiger partial charge in [-0.2, -0.15) is 0 Å². The van der Waals surface area contributed by atoms with Crippen LogP contribution >= 0.6 is 11.6 Å². The second kappa shape index (κ2) is 7.94. The van der Waals surface area contributed by atoms with Crippen molar-refractivity contribution < 1.29 is 23.6 Å². The lowest BCUT2D eigenvalue weighted by molar-refractivity contribution is -0.134. The Bertz CT molecular complexity index is 921. The van der Waals surface area contributed by atoms with E-state index in [2.05, 4.69) is 10.5 Å². The summed E-state index contributed by atoms with van der Waals surface area (Å²) in [6.07, 6.45) is 2.07. The van der Waals surface area contributed by atoms with Crippen molar-refractivity contribution >= 4 is 23.4 Å². The number of fused-ring (bicyclic) bond motifs is 1. The van der Waals surface area contributed by atoms with Gasteiger partial charge in [0.2, 0.25) is 5.91 Å². The average molecular weight is 420 g/mol. The summed E-state index contributed by atoms with van der Waals surface area (Å²) < 4.78 is 16.6. The molecule has 0 bridgehead atoms. The van der Waals surface area contributed by atoms with Crippen molar-refractivity contribution in [3.05, 3.63) is 40.7 Å². The Morgan fingerprint density at radius 3 is 2.83 bits per heavy atom. The topological polar surface area (TPSA) is 93.9 Å². The normalized spacial score (nSPS) is 17.9. The molecule has 2 aliphatic rings. The van der Waals surface area contributed by atoms with E-state index in [0.717, 1.165) is 0 Å². The third kappa shape index (κ3) is 4.17. The number of nitrogens with one attached hydrogen (secondary N) is 1. The zero-order chi connectivity index (χ0) is 20.4. The van der Waals surface area contributed by atoms with Crippen molar-refractivity contribution in [2.45, 2.75) is 31.3 Å². The molecule has 2 aliphatic heterocycles. The van der Waals surface area contributed by atoms with Gasteiger partial charge in [-0.05, 0) is 18.2 Å². The highest BCUT2D eigenvalue weighted by Gasteiger charge is 2.41. The maximum Gasteiger partial charge on any atom is 0.255 e. The molecule has 29 heavy (non-hydrogen) atoms. The molecule has 0 radical (unpaired) electrons. The fourth-order valence-electron chi connectivity index (χ4n) is 3.74. The van der Waals surface area contributed by atoms with Gasteiger partial charge in [0.25, 0.3) is 5.91 Å². The van der Waals surface area contributed by atoms with Gasteiger partial charge >= 0.3 is 0 Å². The Hall–Kier alpha value is -2.74. The number of piperidine rings is 1. The van der Waals surface area contributed by atoms with Gasteiger partial charge in [0, 0.05) is 44.8 Å². The molecule has 1 saturated heterocycles. The number of halogens is 1. The minimum absolute atomic E-state index is 0.0511. The number of methoxy groups -OCH3 is 1. The smallest absolute Gasteiger partial charge is 0.255 e. The third-order valence-electron chi connectivity index (χ3n) is 5.47. The molecule has 1 aromatic heterocycles. The van der Waals surface area contributed by atoms with Crippen molar-refractivity contribution in [2.75, 3.05) is 26.7 Å². The summed E-state index contributed by atoms with van der Waals surface area (Å²) in [6.45, 7) is 1.54. The molecule has 0 aliphatic carbocycles. The minimum atomic E-state index is -0.523. The van der Waals surface area contributed by atoms with Crippen molar-refractivity contribution in [1.29, 1.82) is 0 Å². The fourth-order valence-corrected chi connectivity index (χ4v) is 3.90. The van der Waals surface area contributed by atoms with E-state index >= 15 is 0 Å². The number of likely N-dealkylation sites (tertiary alicyclic amines) is 1. The molecule has 8 nitrogen and oxygen atoms in total. The molecule has 1 spiro atoms. The number of amides is 2. The predicted molar refractivity (Wildman–Crippen MR) is 104 cm³/mol. The zero-order valence-corrected chi connectivity index (χ0v) is 16.8. The number of ether oxygens (including phenoxy) is 2. The van der Waals surface area contributed by atoms with E-state index in [9.17, 15) is 9.59 Å². The summed E-state index contributed by atoms with van der Waals surface area (Å²) >= 11 is 5.73. The number of aromatic nitrogens is 1. The van der Waals surface area contributed by atoms with Crippen LogP contribution in [0.25, 0.3) is 0 Å². The van der Waals surface area contributed by atoms with Gasteiger partial charge in [0.05, 0.1) is 19.2 Å². The maximum atomic E-state index is 12.5. The van der Waals surface area contributed by atoms with Crippen LogP contribution in [0.5, 0.6) is 11.5 Å². The van der Waals surface area contributed by atoms with Crippen LogP contribution in [-0.4, -0.2) is 54.2 Å². The number of carbonyl (C=O) groups is 2. The molecule has 9 heteroatoms. The Balaban J connectivity index is 1.38. The predicted octanol–water partition coefficient (Wildman–Crippen LogP) is 2.45. The third-order valence-corrected chi connectivity index (χ3v) is 5.65. The largest absolute Gasteiger partial charge is 0.497 e. The van der Waals surface area contributed by atoms with E-state index in [1.165, 1.54) is 0 Å². The fraction of sp³-hybridized carbons (Fsp3) is 0.450. The lowest BCUT2D eigenvalue weighted by Crippen LogP contribution is -2.54. The molecule has 1 N–H and O–H groups in total. The van der Waals surface area contributed by atoms with Crippen LogP contribution in [0.4, 0.5) is 0 Å². The van der Waals surface area contributed by atoms with Crippen molar-refractivity contribution in [1.82, 2.24) is 15.4 Å². The van der Waals surface area contributed by atoms with E-state index in [4.69, 9.17) is 25.6 Å². The number of rotatable bonds is 4. The molecule has 3 heterocycles. The highest BCUT2D eigenvalue weighted by atomic mass is 35.5. The monoisotopic (exact) mass is 419 g/mol. The van der Waals surface area contributed by atoms with Crippen molar-refractivity contribution in [3.8, 4) is 11.5 Å². The number of hydrogen-bond acceptors (Lipinski definition) is 6. The molecule has 154 valence electrons. The van der Waals surface area contributed by atoms with Crippen LogP contribution in [0.1, 0.15) is 35.4 Å². The van der Waals surface area contributed by atoms with Gasteiger partial charge in [0.15, 0.2) is 5.15 Å². The van der Waals surface area contributed by atoms with Crippen LogP contribution in [0, 0.1) is 0 Å². The number of nitrogens with zero attached hydrogens (tertiary/aromatic N) is 2. The molecular formula is C20H22ClN3O5. The molecule has 0 unspecified atom stereocenters. The highest BCUT2D eigenvalue weighted by Crippen LogP contribution is 2.34. The van der Waals surface area contributed by atoms with Gasteiger partial charge in [-0.15, -0.1) is 0 Å². The second-order valence-corrected chi connectivity index (χ2v) is 7.71. The number of hydrogen-bond donors (Lipinski definition) is 1. The molecule has 0 atom stereocenters. The zero-order valence-electron chi connectivity index (χ0n) is 16.1. The van der Waals surface area contributed by atoms with Gasteiger partial charge < -0.3 is 24.2 Å². The highest BCUT2D eigenvalue weighted by molar-refractivity contribution is 6.29. The molecule has 2 amide bonds. The molecular weight excluding hydrogens is 398 g/mol. The molecule has 4 rings (SSSR count). The first-order chi connectivity index (χ1) is 14.0. The summed E-state index contributed by atoms with van der Waals surface area (Å²) in [5.74, 6) is 1.61. The van der Waals surface area contributed by atoms with E-state index in [1.54, 1.807) is 31.4 Å². The van der Waals surface area contributed by atoms with E-state index in [0.29, 0.717) is 68.1 Å². The molecule has 2 aromatic rings. The SMILES string of the molecule is COc1ccc2c(c1)C(=O)NCC1(CCN(C(=O)CCc3cc(Cl)no3)CC1)O2. The summed E-state index contributed by atoms with van der Waals surface area (Å²) in [5.41, 5.74) is -0.0597. The van der Waals surface area contributed by atoms with Crippen LogP contribution in [0.3, 0.4) is 0 Å². The lowest BCUT2D eigenvalue weighted by Gasteiger charge is -2.41. The first kappa shape index (κ1) is 19.6. The molecule has 1 aromatic carbocycles. The average Bonchev–Trinajstić information content (AvgIpc) is 3.10. The first-order valence-corrected chi connectivity index (χ1v) is 9.90. The van der Waals surface area contributed by atoms with Gasteiger partial charge in [-0.1, -0.05) is 16.8 Å². The standard InChI is InChI=1S/C20H22ClN3O5/c1-27-13-2-4-16-15(10-13)19(26)22-12-20(28-16)6-8-24(9-7-20)18(25)5-3-14-11-17(21)23-29-14/h2,4,10-11H,3,5-9,12H2,1H3,(H,22,26). The number of aryl methyl sites for hydroxylation is 1. The summed E-state index contributed by atoms with van der Waals surface area (Å²) in [5, 5.41) is 6.86.